The standard InChI is InChI=1S/CH3.2O.Ti/h1H3;;;/q-1;2*-2;+4. The molecule has 0 fully saturated rings. The van der Waals surface area contributed by atoms with Gasteiger partial charge in [-0.2, -0.15) is 0 Å². The summed E-state index contributed by atoms with van der Waals surface area (Å²) >= 11 is 0. The molecule has 0 aromatic carbocycles. The van der Waals surface area contributed by atoms with Crippen LogP contribution in [-0.4, -0.2) is 0 Å². The molecule has 0 saturated carbocycles. The van der Waals surface area contributed by atoms with Gasteiger partial charge in [-0.05, 0) is 0 Å². The number of hydrogen-bond donors (Lipinski definition) is 0. The van der Waals surface area contributed by atoms with Gasteiger partial charge >= 0.3 is 21.7 Å². The predicted octanol–water partition coefficient (Wildman–Crippen LogP) is 0.210. The van der Waals surface area contributed by atoms with Crippen molar-refractivity contribution in [3.63, 3.8) is 0 Å². The third kappa shape index (κ3) is 17.5. The van der Waals surface area contributed by atoms with Crippen LogP contribution in [0.5, 0.6) is 0 Å². The maximum absolute atomic E-state index is 0. The van der Waals surface area contributed by atoms with E-state index in [1.165, 1.54) is 0 Å². The first-order chi connectivity index (χ1) is 0. The van der Waals surface area contributed by atoms with Crippen LogP contribution < -0.4 is 0 Å². The number of rotatable bonds is 0. The van der Waals surface area contributed by atoms with Gasteiger partial charge in [0.25, 0.3) is 0 Å². The summed E-state index contributed by atoms with van der Waals surface area (Å²) in [4.78, 5) is 0. The largest absolute Gasteiger partial charge is 4.00 e. The van der Waals surface area contributed by atoms with Crippen molar-refractivity contribution < 1.29 is 32.7 Å². The van der Waals surface area contributed by atoms with E-state index in [2.05, 4.69) is 0 Å². The molecule has 0 radical (unpaired) electrons. The summed E-state index contributed by atoms with van der Waals surface area (Å²) in [5, 5.41) is 0. The molecule has 0 heterocycles. The monoisotopic (exact) mass is 95.0 g/mol. The molecule has 0 spiro atoms. The van der Waals surface area contributed by atoms with Crippen molar-refractivity contribution in [2.45, 2.75) is 0 Å². The summed E-state index contributed by atoms with van der Waals surface area (Å²) in [5.74, 6) is 0. The maximum Gasteiger partial charge on any atom is 4.00 e. The Bertz CT molecular complexity index is 6.00. The second-order valence-corrected chi connectivity index (χ2v) is 0. The van der Waals surface area contributed by atoms with Gasteiger partial charge in [-0.15, -0.1) is 0 Å². The van der Waals surface area contributed by atoms with Gasteiger partial charge in [0.05, 0.1) is 0 Å². The Labute approximate surface area is 40.7 Å². The average molecular weight is 94.9 g/mol. The van der Waals surface area contributed by atoms with E-state index in [9.17, 15) is 0 Å². The fourth-order valence-electron chi connectivity index (χ4n) is 0. The van der Waals surface area contributed by atoms with Crippen molar-refractivity contribution in [1.82, 2.24) is 0 Å². The minimum atomic E-state index is 0. The fourth-order valence-corrected chi connectivity index (χ4v) is 0. The van der Waals surface area contributed by atoms with Crippen LogP contribution >= 0.6 is 0 Å². The molecule has 0 amide bonds. The first-order valence-corrected chi connectivity index (χ1v) is 0. The molecule has 4 heavy (non-hydrogen) atoms. The molecule has 0 aliphatic rings. The Balaban J connectivity index is 0. The second-order valence-electron chi connectivity index (χ2n) is 0. The molecule has 0 rings (SSSR count). The summed E-state index contributed by atoms with van der Waals surface area (Å²) in [6, 6.07) is 0. The SMILES string of the molecule is [CH3-].[O-2].[O-2].[Ti+4]. The molecule has 0 unspecified atom stereocenters. The quantitative estimate of drug-likeness (QED) is 0.305. The van der Waals surface area contributed by atoms with E-state index in [-0.39, 0.29) is 40.1 Å². The number of hydrogen-bond acceptors (Lipinski definition) is 0. The predicted molar refractivity (Wildman–Crippen MR) is 7.79 cm³/mol. The van der Waals surface area contributed by atoms with Crippen LogP contribution in [0.15, 0.2) is 0 Å². The molecule has 0 saturated heterocycles. The summed E-state index contributed by atoms with van der Waals surface area (Å²) in [6.45, 7) is 0. The van der Waals surface area contributed by atoms with Crippen molar-refractivity contribution >= 4 is 0 Å². The van der Waals surface area contributed by atoms with Crippen LogP contribution in [0.25, 0.3) is 0 Å². The van der Waals surface area contributed by atoms with Crippen LogP contribution in [0.4, 0.5) is 0 Å². The first-order valence-electron chi connectivity index (χ1n) is 0. The van der Waals surface area contributed by atoms with Gasteiger partial charge in [0.1, 0.15) is 0 Å². The van der Waals surface area contributed by atoms with E-state index in [1.54, 1.807) is 0 Å². The zero-order chi connectivity index (χ0) is 0. The van der Waals surface area contributed by atoms with Gasteiger partial charge in [0.2, 0.25) is 0 Å². The molecular weight excluding hydrogens is 91.9 g/mol. The van der Waals surface area contributed by atoms with Crippen molar-refractivity contribution in [1.29, 1.82) is 0 Å². The van der Waals surface area contributed by atoms with E-state index in [4.69, 9.17) is 0 Å². The van der Waals surface area contributed by atoms with Gasteiger partial charge < -0.3 is 18.4 Å². The first kappa shape index (κ1) is 152. The summed E-state index contributed by atoms with van der Waals surface area (Å²) in [7, 11) is 0. The van der Waals surface area contributed by atoms with Crippen molar-refractivity contribution in [3.8, 4) is 0 Å². The summed E-state index contributed by atoms with van der Waals surface area (Å²) in [6.07, 6.45) is 0. The molecule has 24 valence electrons. The average Bonchev–Trinajstić information content (AvgIpc) is 0. The van der Waals surface area contributed by atoms with Crippen LogP contribution in [0, 0.1) is 7.43 Å². The summed E-state index contributed by atoms with van der Waals surface area (Å²) < 4.78 is 0. The van der Waals surface area contributed by atoms with Gasteiger partial charge in [0.15, 0.2) is 0 Å². The minimum Gasteiger partial charge on any atom is -2.00 e. The molecule has 2 nitrogen and oxygen atoms in total. The van der Waals surface area contributed by atoms with E-state index in [1.807, 2.05) is 0 Å². The molecule has 0 aliphatic carbocycles. The van der Waals surface area contributed by atoms with E-state index in [0.717, 1.165) is 0 Å². The van der Waals surface area contributed by atoms with Crippen molar-refractivity contribution in [2.24, 2.45) is 0 Å². The Kier molecular flexibility index (Phi) is 2380. The smallest absolute Gasteiger partial charge is 2.00 e. The van der Waals surface area contributed by atoms with E-state index in [0.29, 0.717) is 0 Å². The molecular formula is CH3O2Ti-. The topological polar surface area (TPSA) is 57.0 Å². The maximum atomic E-state index is 0. The van der Waals surface area contributed by atoms with Crippen LogP contribution in [0.2, 0.25) is 0 Å². The molecule has 3 heteroatoms. The second kappa shape index (κ2) is 62.7. The zero-order valence-electron chi connectivity index (χ0n) is 2.32. The van der Waals surface area contributed by atoms with Crippen molar-refractivity contribution in [3.05, 3.63) is 7.43 Å². The van der Waals surface area contributed by atoms with Gasteiger partial charge in [-0.3, -0.25) is 0 Å². The fraction of sp³-hybridized carbons (Fsp3) is 0. The Morgan fingerprint density at radius 1 is 0.750 bits per heavy atom. The zero-order valence-corrected chi connectivity index (χ0v) is 3.88. The van der Waals surface area contributed by atoms with Gasteiger partial charge in [-0.1, -0.05) is 0 Å². The van der Waals surface area contributed by atoms with Crippen LogP contribution in [0.1, 0.15) is 0 Å². The Hall–Kier alpha value is 0.634. The molecule has 0 atom stereocenters. The molecule has 0 aromatic heterocycles. The van der Waals surface area contributed by atoms with Crippen molar-refractivity contribution in [2.75, 3.05) is 0 Å². The normalized spacial score (nSPS) is 0. The molecule has 0 N–H and O–H groups in total. The third-order valence-corrected chi connectivity index (χ3v) is 0. The van der Waals surface area contributed by atoms with Gasteiger partial charge in [-0.25, -0.2) is 0 Å². The van der Waals surface area contributed by atoms with Crippen LogP contribution in [0.3, 0.4) is 0 Å². The molecule has 0 aromatic rings. The van der Waals surface area contributed by atoms with Crippen LogP contribution in [-0.2, 0) is 32.7 Å². The molecule has 0 aliphatic heterocycles. The summed E-state index contributed by atoms with van der Waals surface area (Å²) in [5.41, 5.74) is 0. The Morgan fingerprint density at radius 3 is 0.750 bits per heavy atom. The van der Waals surface area contributed by atoms with Gasteiger partial charge in [0, 0.05) is 0 Å². The molecule has 0 bridgehead atoms. The Morgan fingerprint density at radius 2 is 0.750 bits per heavy atom. The minimum absolute atomic E-state index is 0. The van der Waals surface area contributed by atoms with E-state index >= 15 is 0 Å². The third-order valence-electron chi connectivity index (χ3n) is 0. The van der Waals surface area contributed by atoms with E-state index < -0.39 is 0 Å².